The van der Waals surface area contributed by atoms with Crippen LogP contribution in [0.15, 0.2) is 98.8 Å². The summed E-state index contributed by atoms with van der Waals surface area (Å²) in [5, 5.41) is 1.59. The first kappa shape index (κ1) is 24.3. The van der Waals surface area contributed by atoms with E-state index in [1.54, 1.807) is 11.8 Å². The molecule has 1 nitrogen and oxygen atoms in total. The van der Waals surface area contributed by atoms with Crippen molar-refractivity contribution in [3.63, 3.8) is 0 Å². The molecular weight excluding hydrogens is 556 g/mol. The predicted molar refractivity (Wildman–Crippen MR) is 123 cm³/mol. The SMILES string of the molecule is C=CCN(CC=C)[SiH](c1ccccc1)[Hf]([C]1=CC=CC1)[C]1=CC=CC1.Cl.Cl. The zero-order valence-electron chi connectivity index (χ0n) is 15.6. The molecule has 1 atom stereocenters. The van der Waals surface area contributed by atoms with E-state index in [-0.39, 0.29) is 24.8 Å². The van der Waals surface area contributed by atoms with Crippen molar-refractivity contribution in [2.24, 2.45) is 0 Å². The molecule has 1 unspecified atom stereocenters. The Balaban J connectivity index is 0.00000182. The third-order valence-corrected chi connectivity index (χ3v) is 34.6. The Kier molecular flexibility index (Phi) is 11.4. The molecule has 2 aliphatic rings. The smallest absolute Gasteiger partial charge is 0.147 e. The van der Waals surface area contributed by atoms with Gasteiger partial charge in [0, 0.05) is 0 Å². The Morgan fingerprint density at radius 3 is 1.81 bits per heavy atom. The van der Waals surface area contributed by atoms with Crippen LogP contribution >= 0.6 is 24.8 Å². The van der Waals surface area contributed by atoms with Crippen LogP contribution in [-0.4, -0.2) is 23.8 Å². The van der Waals surface area contributed by atoms with Crippen LogP contribution in [0.2, 0.25) is 0 Å². The summed E-state index contributed by atoms with van der Waals surface area (Å²) in [5.41, 5.74) is 0. The summed E-state index contributed by atoms with van der Waals surface area (Å²) >= 11 is -2.17. The molecule has 0 N–H and O–H groups in total. The predicted octanol–water partition coefficient (Wildman–Crippen LogP) is 4.94. The van der Waals surface area contributed by atoms with E-state index in [1.165, 1.54) is 12.8 Å². The Bertz CT molecular complexity index is 700. The van der Waals surface area contributed by atoms with Gasteiger partial charge in [0.25, 0.3) is 0 Å². The fourth-order valence-electron chi connectivity index (χ4n) is 3.66. The third-order valence-electron chi connectivity index (χ3n) is 4.72. The topological polar surface area (TPSA) is 3.24 Å². The quantitative estimate of drug-likeness (QED) is 0.294. The second-order valence-electron chi connectivity index (χ2n) is 6.41. The first-order valence-electron chi connectivity index (χ1n) is 8.95. The molecule has 1 aromatic rings. The molecule has 143 valence electrons. The minimum absolute atomic E-state index is 0. The van der Waals surface area contributed by atoms with Crippen molar-refractivity contribution >= 4 is 36.1 Å². The molecule has 0 saturated carbocycles. The fraction of sp³-hybridized carbons (Fsp3) is 0.182. The van der Waals surface area contributed by atoms with Gasteiger partial charge in [0.2, 0.25) is 0 Å². The van der Waals surface area contributed by atoms with Gasteiger partial charge in [-0.25, -0.2) is 0 Å². The molecule has 5 heteroatoms. The molecule has 2 aliphatic carbocycles. The number of benzene rings is 1. The van der Waals surface area contributed by atoms with E-state index in [9.17, 15) is 0 Å². The van der Waals surface area contributed by atoms with Crippen molar-refractivity contribution in [2.45, 2.75) is 12.8 Å². The van der Waals surface area contributed by atoms with E-state index in [0.717, 1.165) is 13.1 Å². The second kappa shape index (κ2) is 12.7. The molecule has 1 aromatic carbocycles. The van der Waals surface area contributed by atoms with E-state index >= 15 is 0 Å². The Morgan fingerprint density at radius 2 is 1.41 bits per heavy atom. The molecule has 27 heavy (non-hydrogen) atoms. The van der Waals surface area contributed by atoms with Gasteiger partial charge in [0.15, 0.2) is 0 Å². The van der Waals surface area contributed by atoms with Crippen LogP contribution in [-0.2, 0) is 20.6 Å². The molecule has 0 heterocycles. The summed E-state index contributed by atoms with van der Waals surface area (Å²) in [6, 6.07) is 11.3. The van der Waals surface area contributed by atoms with Crippen molar-refractivity contribution in [1.29, 1.82) is 0 Å². The summed E-state index contributed by atoms with van der Waals surface area (Å²) in [4.78, 5) is 0. The van der Waals surface area contributed by atoms with E-state index < -0.39 is 26.8 Å². The molecule has 3 rings (SSSR count). The average molecular weight is 584 g/mol. The van der Waals surface area contributed by atoms with E-state index in [0.29, 0.717) is 0 Å². The van der Waals surface area contributed by atoms with E-state index in [4.69, 9.17) is 0 Å². The van der Waals surface area contributed by atoms with Crippen LogP contribution in [0.5, 0.6) is 0 Å². The van der Waals surface area contributed by atoms with Gasteiger partial charge in [0.1, 0.15) is 0 Å². The zero-order chi connectivity index (χ0) is 17.5. The van der Waals surface area contributed by atoms with Crippen LogP contribution in [0.25, 0.3) is 0 Å². The number of hydrogen-bond donors (Lipinski definition) is 0. The van der Waals surface area contributed by atoms with Crippen molar-refractivity contribution in [2.75, 3.05) is 13.1 Å². The summed E-state index contributed by atoms with van der Waals surface area (Å²) < 4.78 is 6.27. The molecule has 0 radical (unpaired) electrons. The molecule has 0 amide bonds. The normalized spacial score (nSPS) is 15.4. The Hall–Kier alpha value is -0.713. The van der Waals surface area contributed by atoms with Crippen LogP contribution < -0.4 is 5.19 Å². The Labute approximate surface area is 184 Å². The monoisotopic (exact) mass is 584 g/mol. The number of hydrogen-bond acceptors (Lipinski definition) is 1. The van der Waals surface area contributed by atoms with Crippen LogP contribution in [0, 0.1) is 0 Å². The van der Waals surface area contributed by atoms with Gasteiger partial charge in [-0.05, 0) is 0 Å². The first-order valence-corrected chi connectivity index (χ1v) is 20.4. The van der Waals surface area contributed by atoms with Crippen LogP contribution in [0.4, 0.5) is 0 Å². The Morgan fingerprint density at radius 1 is 0.889 bits per heavy atom. The average Bonchev–Trinajstić information content (AvgIpc) is 3.34. The van der Waals surface area contributed by atoms with Gasteiger partial charge in [-0.1, -0.05) is 0 Å². The summed E-state index contributed by atoms with van der Waals surface area (Å²) in [6.07, 6.45) is 19.3. The first-order chi connectivity index (χ1) is 12.3. The molecule has 0 saturated heterocycles. The van der Waals surface area contributed by atoms with Gasteiger partial charge in [0.05, 0.1) is 0 Å². The minimum atomic E-state index is -2.17. The second-order valence-corrected chi connectivity index (χ2v) is 26.8. The third kappa shape index (κ3) is 6.13. The van der Waals surface area contributed by atoms with Crippen molar-refractivity contribution < 1.29 is 20.6 Å². The fourth-order valence-corrected chi connectivity index (χ4v) is 35.6. The number of allylic oxidation sites excluding steroid dienone is 8. The number of nitrogens with zero attached hydrogens (tertiary/aromatic N) is 1. The van der Waals surface area contributed by atoms with Gasteiger partial charge in [-0.3, -0.25) is 0 Å². The molecule has 0 bridgehead atoms. The standard InChI is InChI=1S/C12H16NSi.2C5H5.2ClH.Hf/c1-3-10-13(11-4-2)14-12-8-6-5-7-9-12;2*1-2-4-5-3-1;;;/h3-9,14H,1-2,10-11H2;2*1-3H,4H2;2*1H;. The summed E-state index contributed by atoms with van der Waals surface area (Å²) in [5.74, 6) is 0. The zero-order valence-corrected chi connectivity index (χ0v) is 22.0. The number of rotatable bonds is 9. The van der Waals surface area contributed by atoms with Gasteiger partial charge < -0.3 is 0 Å². The molecule has 0 aromatic heterocycles. The van der Waals surface area contributed by atoms with E-state index in [1.807, 2.05) is 0 Å². The summed E-state index contributed by atoms with van der Waals surface area (Å²) in [7, 11) is 0. The maximum absolute atomic E-state index is 4.03. The van der Waals surface area contributed by atoms with Crippen LogP contribution in [0.1, 0.15) is 12.8 Å². The van der Waals surface area contributed by atoms with Crippen molar-refractivity contribution in [3.8, 4) is 0 Å². The minimum Gasteiger partial charge on any atom is -0.147 e. The summed E-state index contributed by atoms with van der Waals surface area (Å²) in [6.45, 7) is 9.99. The van der Waals surface area contributed by atoms with E-state index in [2.05, 4.69) is 96.7 Å². The van der Waals surface area contributed by atoms with Gasteiger partial charge in [-0.15, -0.1) is 24.8 Å². The van der Waals surface area contributed by atoms with Gasteiger partial charge >= 0.3 is 161 Å². The largest absolute Gasteiger partial charge is 0.147 e. The van der Waals surface area contributed by atoms with Crippen LogP contribution in [0.3, 0.4) is 0 Å². The number of halogens is 2. The molecule has 0 spiro atoms. The van der Waals surface area contributed by atoms with Gasteiger partial charge in [-0.2, -0.15) is 0 Å². The molecule has 0 aliphatic heterocycles. The van der Waals surface area contributed by atoms with Crippen molar-refractivity contribution in [1.82, 2.24) is 4.57 Å². The van der Waals surface area contributed by atoms with Crippen molar-refractivity contribution in [3.05, 3.63) is 98.8 Å². The molecule has 0 fully saturated rings. The maximum atomic E-state index is 4.03. The maximum Gasteiger partial charge on any atom is -0.147 e. The molecular formula is C22H28Cl2HfNSi.